The van der Waals surface area contributed by atoms with Crippen LogP contribution in [0.25, 0.3) is 55.2 Å². The molecular formula is C32H35N7O2. The molecule has 0 amide bonds. The van der Waals surface area contributed by atoms with E-state index in [4.69, 9.17) is 24.2 Å². The summed E-state index contributed by atoms with van der Waals surface area (Å²) in [4.78, 5) is 20.7. The van der Waals surface area contributed by atoms with Gasteiger partial charge in [-0.1, -0.05) is 37.2 Å². The molecule has 6 aromatic rings. The van der Waals surface area contributed by atoms with E-state index in [0.717, 1.165) is 104 Å². The fourth-order valence-electron chi connectivity index (χ4n) is 5.71. The summed E-state index contributed by atoms with van der Waals surface area (Å²) in [5, 5.41) is 10.7. The van der Waals surface area contributed by atoms with Crippen molar-refractivity contribution in [2.24, 2.45) is 0 Å². The minimum absolute atomic E-state index is 0.689. The number of fused-ring (bicyclic) bond motifs is 4. The van der Waals surface area contributed by atoms with E-state index in [2.05, 4.69) is 58.5 Å². The second-order valence-corrected chi connectivity index (χ2v) is 10.3. The number of pyridine rings is 1. The highest BCUT2D eigenvalue weighted by Gasteiger charge is 2.22. The van der Waals surface area contributed by atoms with Gasteiger partial charge in [0.2, 0.25) is 0 Å². The third kappa shape index (κ3) is 4.76. The Morgan fingerprint density at radius 3 is 2.49 bits per heavy atom. The van der Waals surface area contributed by atoms with Crippen molar-refractivity contribution < 1.29 is 9.26 Å². The van der Waals surface area contributed by atoms with Crippen LogP contribution >= 0.6 is 0 Å². The van der Waals surface area contributed by atoms with Gasteiger partial charge >= 0.3 is 0 Å². The van der Waals surface area contributed by atoms with Crippen molar-refractivity contribution in [3.05, 3.63) is 59.7 Å². The third-order valence-electron chi connectivity index (χ3n) is 7.79. The van der Waals surface area contributed by atoms with Gasteiger partial charge in [0.05, 0.1) is 35.0 Å². The molecule has 0 spiro atoms. The SMILES string of the molecule is CCN(CC)CCNc1cc(-c2nc(C)nc3[nH]c4cc(-c5c(C)noc5C)c(OC)cc4c23)c2ccccc2n1. The van der Waals surface area contributed by atoms with Gasteiger partial charge in [0, 0.05) is 40.5 Å². The van der Waals surface area contributed by atoms with Crippen LogP contribution < -0.4 is 10.1 Å². The van der Waals surface area contributed by atoms with Gasteiger partial charge in [-0.2, -0.15) is 0 Å². The number of likely N-dealkylation sites (N-methyl/N-ethyl adjacent to an activating group) is 1. The van der Waals surface area contributed by atoms with Gasteiger partial charge < -0.3 is 24.5 Å². The van der Waals surface area contributed by atoms with Gasteiger partial charge in [-0.25, -0.2) is 15.0 Å². The van der Waals surface area contributed by atoms with Crippen LogP contribution in [0.4, 0.5) is 5.82 Å². The standard InChI is InChI=1S/C32H35N7O2/c1-7-39(8-2)14-13-33-28-17-22(21-11-9-10-12-25(21)36-28)31-30-23-16-27(40-6)24(29-18(3)38-41-19(29)4)15-26(23)37-32(30)35-20(5)34-31/h9-12,15-17H,7-8,13-14H2,1-6H3,(H,33,36)(H,34,35,37). The number of aromatic amines is 1. The van der Waals surface area contributed by atoms with Gasteiger partial charge in [-0.15, -0.1) is 0 Å². The van der Waals surface area contributed by atoms with E-state index >= 15 is 0 Å². The molecule has 9 heteroatoms. The van der Waals surface area contributed by atoms with Crippen molar-refractivity contribution in [1.82, 2.24) is 30.0 Å². The topological polar surface area (TPSA) is 105 Å². The number of anilines is 1. The molecule has 0 radical (unpaired) electrons. The van der Waals surface area contributed by atoms with E-state index in [1.165, 1.54) is 0 Å². The number of ether oxygens (including phenoxy) is 1. The molecule has 0 saturated heterocycles. The predicted octanol–water partition coefficient (Wildman–Crippen LogP) is 6.67. The lowest BCUT2D eigenvalue weighted by Crippen LogP contribution is -2.28. The lowest BCUT2D eigenvalue weighted by molar-refractivity contribution is 0.316. The second-order valence-electron chi connectivity index (χ2n) is 10.3. The molecule has 41 heavy (non-hydrogen) atoms. The summed E-state index contributed by atoms with van der Waals surface area (Å²) >= 11 is 0. The fraction of sp³-hybridized carbons (Fsp3) is 0.312. The van der Waals surface area contributed by atoms with Gasteiger partial charge in [-0.05, 0) is 58.1 Å². The summed E-state index contributed by atoms with van der Waals surface area (Å²) in [6.07, 6.45) is 0. The monoisotopic (exact) mass is 549 g/mol. The zero-order valence-corrected chi connectivity index (χ0v) is 24.4. The molecule has 0 unspecified atom stereocenters. The number of methoxy groups -OCH3 is 1. The Kier molecular flexibility index (Phi) is 7.05. The number of rotatable bonds is 9. The molecule has 0 saturated carbocycles. The van der Waals surface area contributed by atoms with E-state index in [1.54, 1.807) is 7.11 Å². The first-order valence-electron chi connectivity index (χ1n) is 14.1. The fourth-order valence-corrected chi connectivity index (χ4v) is 5.71. The minimum atomic E-state index is 0.689. The zero-order chi connectivity index (χ0) is 28.7. The van der Waals surface area contributed by atoms with Gasteiger partial charge in [0.25, 0.3) is 0 Å². The lowest BCUT2D eigenvalue weighted by atomic mass is 9.98. The van der Waals surface area contributed by atoms with Crippen LogP contribution in [0.2, 0.25) is 0 Å². The molecule has 2 aromatic carbocycles. The number of hydrogen-bond donors (Lipinski definition) is 2. The zero-order valence-electron chi connectivity index (χ0n) is 24.4. The average molecular weight is 550 g/mol. The van der Waals surface area contributed by atoms with Crippen LogP contribution in [0, 0.1) is 20.8 Å². The number of aryl methyl sites for hydroxylation is 3. The summed E-state index contributed by atoms with van der Waals surface area (Å²) < 4.78 is 11.4. The molecule has 4 heterocycles. The molecule has 6 rings (SSSR count). The van der Waals surface area contributed by atoms with E-state index in [9.17, 15) is 0 Å². The van der Waals surface area contributed by atoms with Crippen molar-refractivity contribution in [2.75, 3.05) is 38.6 Å². The van der Waals surface area contributed by atoms with Crippen LogP contribution in [0.1, 0.15) is 31.1 Å². The molecule has 0 aliphatic heterocycles. The Labute approximate surface area is 238 Å². The number of para-hydroxylation sites is 1. The number of H-pyrrole nitrogens is 1. The largest absolute Gasteiger partial charge is 0.496 e. The van der Waals surface area contributed by atoms with Gasteiger partial charge in [0.1, 0.15) is 28.8 Å². The molecule has 0 fully saturated rings. The van der Waals surface area contributed by atoms with E-state index in [-0.39, 0.29) is 0 Å². The second kappa shape index (κ2) is 10.8. The number of nitrogens with zero attached hydrogens (tertiary/aromatic N) is 5. The number of aromatic nitrogens is 5. The molecule has 9 nitrogen and oxygen atoms in total. The highest BCUT2D eigenvalue weighted by atomic mass is 16.5. The van der Waals surface area contributed by atoms with Crippen molar-refractivity contribution in [3.63, 3.8) is 0 Å². The molecule has 0 aliphatic carbocycles. The summed E-state index contributed by atoms with van der Waals surface area (Å²) in [6, 6.07) is 14.5. The summed E-state index contributed by atoms with van der Waals surface area (Å²) in [5.74, 6) is 3.00. The first-order chi connectivity index (χ1) is 19.9. The minimum Gasteiger partial charge on any atom is -0.496 e. The van der Waals surface area contributed by atoms with Crippen LogP contribution in [0.15, 0.2) is 47.0 Å². The molecular weight excluding hydrogens is 514 g/mol. The average Bonchev–Trinajstić information content (AvgIpc) is 3.51. The molecule has 210 valence electrons. The quantitative estimate of drug-likeness (QED) is 0.206. The normalized spacial score (nSPS) is 11.8. The van der Waals surface area contributed by atoms with E-state index < -0.39 is 0 Å². The van der Waals surface area contributed by atoms with Crippen molar-refractivity contribution in [1.29, 1.82) is 0 Å². The Bertz CT molecular complexity index is 1870. The number of nitrogens with one attached hydrogen (secondary N) is 2. The summed E-state index contributed by atoms with van der Waals surface area (Å²) in [6.45, 7) is 14.0. The van der Waals surface area contributed by atoms with Crippen molar-refractivity contribution >= 4 is 38.7 Å². The van der Waals surface area contributed by atoms with Gasteiger partial charge in [-0.3, -0.25) is 0 Å². The molecule has 0 atom stereocenters. The Hall–Kier alpha value is -4.50. The Balaban J connectivity index is 1.56. The van der Waals surface area contributed by atoms with Crippen molar-refractivity contribution in [3.8, 4) is 28.1 Å². The molecule has 4 aromatic heterocycles. The summed E-state index contributed by atoms with van der Waals surface area (Å²) in [5.41, 5.74) is 7.16. The van der Waals surface area contributed by atoms with Crippen LogP contribution in [-0.2, 0) is 0 Å². The maximum Gasteiger partial charge on any atom is 0.142 e. The third-order valence-corrected chi connectivity index (χ3v) is 7.79. The van der Waals surface area contributed by atoms with Crippen LogP contribution in [0.5, 0.6) is 5.75 Å². The molecule has 0 aliphatic rings. The smallest absolute Gasteiger partial charge is 0.142 e. The molecule has 2 N–H and O–H groups in total. The summed E-state index contributed by atoms with van der Waals surface area (Å²) in [7, 11) is 1.69. The van der Waals surface area contributed by atoms with E-state index in [0.29, 0.717) is 5.82 Å². The Morgan fingerprint density at radius 1 is 0.951 bits per heavy atom. The number of benzene rings is 2. The highest BCUT2D eigenvalue weighted by molar-refractivity contribution is 6.15. The van der Waals surface area contributed by atoms with Gasteiger partial charge in [0.15, 0.2) is 0 Å². The van der Waals surface area contributed by atoms with Crippen molar-refractivity contribution in [2.45, 2.75) is 34.6 Å². The Morgan fingerprint density at radius 2 is 1.76 bits per heavy atom. The van der Waals surface area contributed by atoms with Crippen LogP contribution in [-0.4, -0.2) is 63.3 Å². The molecule has 0 bridgehead atoms. The predicted molar refractivity (Wildman–Crippen MR) is 165 cm³/mol. The van der Waals surface area contributed by atoms with Crippen LogP contribution in [0.3, 0.4) is 0 Å². The maximum absolute atomic E-state index is 5.90. The first-order valence-corrected chi connectivity index (χ1v) is 14.1. The highest BCUT2D eigenvalue weighted by Crippen LogP contribution is 2.42. The maximum atomic E-state index is 5.90. The van der Waals surface area contributed by atoms with E-state index in [1.807, 2.05) is 39.0 Å². The number of hydrogen-bond acceptors (Lipinski definition) is 8. The lowest BCUT2D eigenvalue weighted by Gasteiger charge is -2.18. The first kappa shape index (κ1) is 26.7.